The Morgan fingerprint density at radius 2 is 1.89 bits per heavy atom. The number of ether oxygens (including phenoxy) is 2. The van der Waals surface area contributed by atoms with Crippen molar-refractivity contribution in [3.63, 3.8) is 0 Å². The summed E-state index contributed by atoms with van der Waals surface area (Å²) in [5, 5.41) is 14.7. The van der Waals surface area contributed by atoms with Crippen LogP contribution in [0.1, 0.15) is 18.3 Å². The fraction of sp³-hybridized carbons (Fsp3) is 0.500. The maximum atomic E-state index is 5.18. The number of hydrogen-bond donors (Lipinski definition) is 2. The first kappa shape index (κ1) is 23.2. The predicted octanol–water partition coefficient (Wildman–Crippen LogP) is 1.85. The van der Waals surface area contributed by atoms with Crippen LogP contribution in [-0.2, 0) is 24.2 Å². The van der Waals surface area contributed by atoms with Gasteiger partial charge in [-0.1, -0.05) is 19.1 Å². The lowest BCUT2D eigenvalue weighted by molar-refractivity contribution is 0.203. The molecular weight excluding hydrogens is 459 g/mol. The summed E-state index contributed by atoms with van der Waals surface area (Å²) in [6.07, 6.45) is 2.62. The fourth-order valence-electron chi connectivity index (χ4n) is 2.38. The average molecular weight is 488 g/mol. The summed E-state index contributed by atoms with van der Waals surface area (Å²) < 4.78 is 12.3. The van der Waals surface area contributed by atoms with Gasteiger partial charge in [0.25, 0.3) is 0 Å². The molecule has 0 bridgehead atoms. The average Bonchev–Trinajstić information content (AvgIpc) is 3.13. The van der Waals surface area contributed by atoms with E-state index in [-0.39, 0.29) is 24.0 Å². The first-order valence-electron chi connectivity index (χ1n) is 8.77. The van der Waals surface area contributed by atoms with Crippen molar-refractivity contribution in [3.05, 3.63) is 42.0 Å². The second-order valence-electron chi connectivity index (χ2n) is 5.65. The van der Waals surface area contributed by atoms with Crippen molar-refractivity contribution >= 4 is 29.9 Å². The van der Waals surface area contributed by atoms with Crippen LogP contribution in [0.5, 0.6) is 5.75 Å². The monoisotopic (exact) mass is 488 g/mol. The fourth-order valence-corrected chi connectivity index (χ4v) is 2.38. The van der Waals surface area contributed by atoms with E-state index < -0.39 is 0 Å². The molecule has 0 fully saturated rings. The zero-order valence-corrected chi connectivity index (χ0v) is 18.5. The van der Waals surface area contributed by atoms with Gasteiger partial charge in [0.2, 0.25) is 0 Å². The topological polar surface area (TPSA) is 85.6 Å². The van der Waals surface area contributed by atoms with Crippen molar-refractivity contribution in [2.75, 3.05) is 33.9 Å². The van der Waals surface area contributed by atoms with E-state index in [1.54, 1.807) is 20.5 Å². The molecule has 27 heavy (non-hydrogen) atoms. The number of benzene rings is 1. The summed E-state index contributed by atoms with van der Waals surface area (Å²) in [4.78, 5) is 4.64. The van der Waals surface area contributed by atoms with E-state index in [1.807, 2.05) is 28.8 Å². The largest absolute Gasteiger partial charge is 0.497 e. The highest BCUT2D eigenvalue weighted by Gasteiger charge is 2.03. The van der Waals surface area contributed by atoms with Gasteiger partial charge < -0.3 is 24.7 Å². The predicted molar refractivity (Wildman–Crippen MR) is 117 cm³/mol. The van der Waals surface area contributed by atoms with E-state index in [4.69, 9.17) is 9.47 Å². The third kappa shape index (κ3) is 8.12. The number of nitrogens with zero attached hydrogens (tertiary/aromatic N) is 4. The van der Waals surface area contributed by atoms with Crippen LogP contribution in [0.4, 0.5) is 0 Å². The number of rotatable bonds is 10. The first-order chi connectivity index (χ1) is 12.8. The van der Waals surface area contributed by atoms with Gasteiger partial charge in [0, 0.05) is 33.2 Å². The molecule has 0 radical (unpaired) electrons. The Balaban J connectivity index is 0.00000364. The number of nitrogens with one attached hydrogen (secondary N) is 2. The Labute approximate surface area is 177 Å². The van der Waals surface area contributed by atoms with E-state index in [0.717, 1.165) is 42.6 Å². The second kappa shape index (κ2) is 13.3. The molecule has 0 amide bonds. The van der Waals surface area contributed by atoms with Crippen LogP contribution in [-0.4, -0.2) is 54.6 Å². The van der Waals surface area contributed by atoms with Crippen LogP contribution < -0.4 is 15.4 Å². The molecule has 150 valence electrons. The third-order valence-electron chi connectivity index (χ3n) is 3.83. The van der Waals surface area contributed by atoms with Crippen molar-refractivity contribution in [3.8, 4) is 5.75 Å². The van der Waals surface area contributed by atoms with Crippen LogP contribution in [0, 0.1) is 0 Å². The highest BCUT2D eigenvalue weighted by Crippen LogP contribution is 2.11. The lowest BCUT2D eigenvalue weighted by atomic mass is 10.2. The van der Waals surface area contributed by atoms with Crippen LogP contribution in [0.25, 0.3) is 0 Å². The van der Waals surface area contributed by atoms with E-state index in [0.29, 0.717) is 19.7 Å². The van der Waals surface area contributed by atoms with Gasteiger partial charge in [-0.3, -0.25) is 0 Å². The van der Waals surface area contributed by atoms with E-state index in [9.17, 15) is 0 Å². The first-order valence-corrected chi connectivity index (χ1v) is 8.77. The smallest absolute Gasteiger partial charge is 0.191 e. The lowest BCUT2D eigenvalue weighted by Crippen LogP contribution is -2.40. The molecule has 0 saturated heterocycles. The van der Waals surface area contributed by atoms with Gasteiger partial charge >= 0.3 is 0 Å². The number of guanidine groups is 1. The van der Waals surface area contributed by atoms with E-state index >= 15 is 0 Å². The highest BCUT2D eigenvalue weighted by molar-refractivity contribution is 14.0. The van der Waals surface area contributed by atoms with Crippen LogP contribution >= 0.6 is 24.0 Å². The Hall–Kier alpha value is -1.88. The molecule has 1 heterocycles. The highest BCUT2D eigenvalue weighted by atomic mass is 127. The van der Waals surface area contributed by atoms with Gasteiger partial charge in [0.15, 0.2) is 5.96 Å². The van der Waals surface area contributed by atoms with Gasteiger partial charge in [0.1, 0.15) is 17.9 Å². The minimum Gasteiger partial charge on any atom is -0.497 e. The summed E-state index contributed by atoms with van der Waals surface area (Å²) in [6, 6.07) is 7.91. The Bertz CT molecular complexity index is 675. The number of halogens is 1. The molecule has 2 rings (SSSR count). The third-order valence-corrected chi connectivity index (χ3v) is 3.83. The van der Waals surface area contributed by atoms with Gasteiger partial charge in [-0.05, 0) is 17.7 Å². The number of methoxy groups -OCH3 is 2. The maximum Gasteiger partial charge on any atom is 0.191 e. The molecule has 8 nitrogen and oxygen atoms in total. The molecule has 0 aliphatic carbocycles. The van der Waals surface area contributed by atoms with Gasteiger partial charge in [-0.25, -0.2) is 4.99 Å². The Kier molecular flexibility index (Phi) is 11.4. The maximum absolute atomic E-state index is 5.18. The summed E-state index contributed by atoms with van der Waals surface area (Å²) in [6.45, 7) is 5.48. The van der Waals surface area contributed by atoms with Crippen molar-refractivity contribution in [2.45, 2.75) is 26.4 Å². The standard InChI is InChI=1S/C18H28N6O2.HI/c1-4-17-23-22-14-24(17)11-9-19-18(20-10-12-25-2)21-13-15-5-7-16(26-3)8-6-15;/h5-8,14H,4,9-13H2,1-3H3,(H2,19,20,21);1H. The molecular formula is C18H29IN6O2. The van der Waals surface area contributed by atoms with Gasteiger partial charge in [0.05, 0.1) is 20.3 Å². The van der Waals surface area contributed by atoms with E-state index in [2.05, 4.69) is 32.7 Å². The zero-order valence-electron chi connectivity index (χ0n) is 16.1. The molecule has 0 unspecified atom stereocenters. The van der Waals surface area contributed by atoms with Crippen molar-refractivity contribution in [2.24, 2.45) is 4.99 Å². The molecule has 9 heteroatoms. The van der Waals surface area contributed by atoms with Gasteiger partial charge in [-0.15, -0.1) is 34.2 Å². The summed E-state index contributed by atoms with van der Waals surface area (Å²) >= 11 is 0. The molecule has 2 N–H and O–H groups in total. The zero-order chi connectivity index (χ0) is 18.6. The molecule has 1 aromatic heterocycles. The molecule has 0 saturated carbocycles. The summed E-state index contributed by atoms with van der Waals surface area (Å²) in [7, 11) is 3.34. The van der Waals surface area contributed by atoms with Gasteiger partial charge in [-0.2, -0.15) is 0 Å². The molecule has 0 spiro atoms. The van der Waals surface area contributed by atoms with Crippen molar-refractivity contribution in [1.82, 2.24) is 25.4 Å². The minimum absolute atomic E-state index is 0. The van der Waals surface area contributed by atoms with Crippen LogP contribution in [0.15, 0.2) is 35.6 Å². The van der Waals surface area contributed by atoms with Crippen LogP contribution in [0.3, 0.4) is 0 Å². The van der Waals surface area contributed by atoms with Crippen molar-refractivity contribution in [1.29, 1.82) is 0 Å². The Morgan fingerprint density at radius 3 is 2.56 bits per heavy atom. The summed E-state index contributed by atoms with van der Waals surface area (Å²) in [5.74, 6) is 2.58. The second-order valence-corrected chi connectivity index (χ2v) is 5.65. The Morgan fingerprint density at radius 1 is 1.15 bits per heavy atom. The molecule has 2 aromatic rings. The number of aryl methyl sites for hydroxylation is 1. The lowest BCUT2D eigenvalue weighted by Gasteiger charge is -2.13. The molecule has 1 aromatic carbocycles. The summed E-state index contributed by atoms with van der Waals surface area (Å²) in [5.41, 5.74) is 1.12. The minimum atomic E-state index is 0. The van der Waals surface area contributed by atoms with Crippen molar-refractivity contribution < 1.29 is 9.47 Å². The van der Waals surface area contributed by atoms with Crippen LogP contribution in [0.2, 0.25) is 0 Å². The number of aromatic nitrogens is 3. The molecule has 0 aliphatic rings. The SMILES string of the molecule is CCc1nncn1CCNC(=NCc1ccc(OC)cc1)NCCOC.I. The normalized spacial score (nSPS) is 11.0. The molecule has 0 aliphatic heterocycles. The quantitative estimate of drug-likeness (QED) is 0.230. The molecule has 0 atom stereocenters. The number of hydrogen-bond acceptors (Lipinski definition) is 5. The van der Waals surface area contributed by atoms with E-state index in [1.165, 1.54) is 0 Å². The number of aliphatic imine (C=N–C) groups is 1.